The van der Waals surface area contributed by atoms with Gasteiger partial charge < -0.3 is 10.6 Å². The Morgan fingerprint density at radius 3 is 2.35 bits per heavy atom. The molecule has 0 saturated heterocycles. The van der Waals surface area contributed by atoms with E-state index in [0.29, 0.717) is 17.5 Å². The van der Waals surface area contributed by atoms with Gasteiger partial charge in [0.1, 0.15) is 10.0 Å². The minimum absolute atomic E-state index is 0.00348. The van der Waals surface area contributed by atoms with Gasteiger partial charge in [0, 0.05) is 37.0 Å². The normalized spacial score (nSPS) is 18.1. The number of nitrogens with one attached hydrogen (secondary N) is 2. The van der Waals surface area contributed by atoms with Gasteiger partial charge in [-0.3, -0.25) is 9.59 Å². The van der Waals surface area contributed by atoms with Gasteiger partial charge in [-0.2, -0.15) is 18.3 Å². The second-order valence-corrected chi connectivity index (χ2v) is 10.4. The number of aromatic nitrogens is 4. The molecule has 3 aromatic rings. The van der Waals surface area contributed by atoms with Gasteiger partial charge in [-0.25, -0.2) is 4.68 Å². The summed E-state index contributed by atoms with van der Waals surface area (Å²) >= 11 is 1.64. The molecule has 1 aliphatic rings. The molecule has 8 nitrogen and oxygen atoms in total. The highest BCUT2D eigenvalue weighted by Gasteiger charge is 2.39. The van der Waals surface area contributed by atoms with Gasteiger partial charge in [0.25, 0.3) is 5.91 Å². The number of hydrogen-bond donors (Lipinski definition) is 2. The summed E-state index contributed by atoms with van der Waals surface area (Å²) in [5.74, 6) is -0.491. The number of carbonyl (C=O) groups is 2. The van der Waals surface area contributed by atoms with Crippen molar-refractivity contribution in [2.24, 2.45) is 5.92 Å². The minimum Gasteiger partial charge on any atom is -0.354 e. The smallest absolute Gasteiger partial charge is 0.354 e. The zero-order valence-electron chi connectivity index (χ0n) is 20.6. The maximum atomic E-state index is 13.5. The number of carbonyl (C=O) groups excluding carboxylic acids is 2. The maximum Gasteiger partial charge on any atom is 0.435 e. The Kier molecular flexibility index (Phi) is 8.25. The first-order chi connectivity index (χ1) is 17.6. The minimum atomic E-state index is -4.79. The van der Waals surface area contributed by atoms with Crippen molar-refractivity contribution in [1.29, 1.82) is 0 Å². The lowest BCUT2D eigenvalue weighted by Gasteiger charge is -2.26. The third kappa shape index (κ3) is 6.54. The molecule has 1 aliphatic carbocycles. The van der Waals surface area contributed by atoms with Crippen molar-refractivity contribution < 1.29 is 22.8 Å². The second-order valence-electron chi connectivity index (χ2n) is 9.40. The highest BCUT2D eigenvalue weighted by Crippen LogP contribution is 2.38. The standard InChI is InChI=1S/C25H29F3N6O2S/c1-15(2)23-31-32-24(37-23)17-10-8-16(9-11-17)21(35)29-12-13-30-22(36)19-14-34(18-6-4-3-5-7-18)33-20(19)25(26,27)28/h3-7,14-17H,8-13H2,1-2H3,(H,29,35)(H,30,36)/t16-,17-. The molecule has 1 aromatic carbocycles. The second kappa shape index (κ2) is 11.4. The quantitative estimate of drug-likeness (QED) is 0.409. The van der Waals surface area contributed by atoms with Crippen LogP contribution in [0.3, 0.4) is 0 Å². The van der Waals surface area contributed by atoms with Crippen molar-refractivity contribution in [3.05, 3.63) is 57.8 Å². The molecule has 12 heteroatoms. The summed E-state index contributed by atoms with van der Waals surface area (Å²) in [6, 6.07) is 8.24. The van der Waals surface area contributed by atoms with E-state index in [4.69, 9.17) is 0 Å². The van der Waals surface area contributed by atoms with E-state index in [1.807, 2.05) is 0 Å². The summed E-state index contributed by atoms with van der Waals surface area (Å²) in [5, 5.41) is 19.4. The third-order valence-corrected chi connectivity index (χ3v) is 7.74. The molecule has 2 aromatic heterocycles. The average Bonchev–Trinajstić information content (AvgIpc) is 3.55. The summed E-state index contributed by atoms with van der Waals surface area (Å²) in [6.07, 6.45) is -0.558. The maximum absolute atomic E-state index is 13.5. The van der Waals surface area contributed by atoms with Gasteiger partial charge >= 0.3 is 6.18 Å². The van der Waals surface area contributed by atoms with E-state index in [9.17, 15) is 22.8 Å². The van der Waals surface area contributed by atoms with Crippen LogP contribution in [0.15, 0.2) is 36.5 Å². The van der Waals surface area contributed by atoms with Crippen molar-refractivity contribution in [3.8, 4) is 5.69 Å². The van der Waals surface area contributed by atoms with Gasteiger partial charge in [0.05, 0.1) is 11.3 Å². The molecule has 0 atom stereocenters. The van der Waals surface area contributed by atoms with Gasteiger partial charge in [-0.05, 0) is 37.8 Å². The number of para-hydroxylation sites is 1. The van der Waals surface area contributed by atoms with Crippen molar-refractivity contribution in [3.63, 3.8) is 0 Å². The molecule has 4 rings (SSSR count). The molecular formula is C25H29F3N6O2S. The van der Waals surface area contributed by atoms with E-state index in [1.165, 1.54) is 0 Å². The summed E-state index contributed by atoms with van der Waals surface area (Å²) in [4.78, 5) is 25.1. The molecule has 0 aliphatic heterocycles. The molecule has 1 saturated carbocycles. The predicted octanol–water partition coefficient (Wildman–Crippen LogP) is 4.69. The van der Waals surface area contributed by atoms with E-state index in [0.717, 1.165) is 46.6 Å². The van der Waals surface area contributed by atoms with Gasteiger partial charge in [0.2, 0.25) is 5.91 Å². The number of benzene rings is 1. The summed E-state index contributed by atoms with van der Waals surface area (Å²) < 4.78 is 41.5. The first-order valence-corrected chi connectivity index (χ1v) is 13.1. The number of halogens is 3. The highest BCUT2D eigenvalue weighted by molar-refractivity contribution is 7.11. The molecule has 198 valence electrons. The molecule has 0 unspecified atom stereocenters. The number of amides is 2. The van der Waals surface area contributed by atoms with Crippen LogP contribution in [0.2, 0.25) is 0 Å². The van der Waals surface area contributed by atoms with Gasteiger partial charge in [-0.1, -0.05) is 32.0 Å². The van der Waals surface area contributed by atoms with Crippen LogP contribution in [0, 0.1) is 5.92 Å². The van der Waals surface area contributed by atoms with Crippen LogP contribution in [0.5, 0.6) is 0 Å². The highest BCUT2D eigenvalue weighted by atomic mass is 32.1. The van der Waals surface area contributed by atoms with E-state index < -0.39 is 23.3 Å². The van der Waals surface area contributed by atoms with E-state index in [-0.39, 0.29) is 24.9 Å². The first kappa shape index (κ1) is 26.8. The molecule has 37 heavy (non-hydrogen) atoms. The van der Waals surface area contributed by atoms with Crippen molar-refractivity contribution in [2.75, 3.05) is 13.1 Å². The van der Waals surface area contributed by atoms with Crippen LogP contribution < -0.4 is 10.6 Å². The average molecular weight is 535 g/mol. The van der Waals surface area contributed by atoms with Crippen LogP contribution in [0.4, 0.5) is 13.2 Å². The van der Waals surface area contributed by atoms with Crippen LogP contribution in [0.25, 0.3) is 5.69 Å². The topological polar surface area (TPSA) is 102 Å². The lowest BCUT2D eigenvalue weighted by molar-refractivity contribution is -0.141. The van der Waals surface area contributed by atoms with E-state index in [1.54, 1.807) is 41.7 Å². The molecule has 0 bridgehead atoms. The van der Waals surface area contributed by atoms with Crippen molar-refractivity contribution in [1.82, 2.24) is 30.6 Å². The summed E-state index contributed by atoms with van der Waals surface area (Å²) in [7, 11) is 0. The van der Waals surface area contributed by atoms with Crippen molar-refractivity contribution >= 4 is 23.2 Å². The Morgan fingerprint density at radius 1 is 1.05 bits per heavy atom. The lowest BCUT2D eigenvalue weighted by Crippen LogP contribution is -2.38. The molecule has 0 radical (unpaired) electrons. The first-order valence-electron chi connectivity index (χ1n) is 12.2. The Labute approximate surface area is 216 Å². The van der Waals surface area contributed by atoms with Crippen molar-refractivity contribution in [2.45, 2.75) is 57.5 Å². The molecule has 0 spiro atoms. The fourth-order valence-electron chi connectivity index (χ4n) is 4.31. The third-order valence-electron chi connectivity index (χ3n) is 6.36. The van der Waals surface area contributed by atoms with Crippen LogP contribution in [-0.2, 0) is 11.0 Å². The summed E-state index contributed by atoms with van der Waals surface area (Å²) in [5.41, 5.74) is -1.43. The zero-order chi connectivity index (χ0) is 26.6. The monoisotopic (exact) mass is 534 g/mol. The fraction of sp³-hybridized carbons (Fsp3) is 0.480. The van der Waals surface area contributed by atoms with E-state index in [2.05, 4.69) is 39.8 Å². The Morgan fingerprint density at radius 2 is 1.73 bits per heavy atom. The summed E-state index contributed by atoms with van der Waals surface area (Å²) in [6.45, 7) is 4.28. The van der Waals surface area contributed by atoms with Crippen LogP contribution in [0.1, 0.15) is 77.4 Å². The fourth-order valence-corrected chi connectivity index (χ4v) is 5.33. The zero-order valence-corrected chi connectivity index (χ0v) is 21.4. The molecule has 2 amide bonds. The number of hydrogen-bond acceptors (Lipinski definition) is 6. The lowest BCUT2D eigenvalue weighted by atomic mass is 9.82. The largest absolute Gasteiger partial charge is 0.435 e. The Balaban J connectivity index is 1.26. The number of alkyl halides is 3. The number of rotatable bonds is 8. The van der Waals surface area contributed by atoms with Crippen LogP contribution in [-0.4, -0.2) is 44.9 Å². The van der Waals surface area contributed by atoms with Gasteiger partial charge in [-0.15, -0.1) is 21.5 Å². The molecule has 2 N–H and O–H groups in total. The SMILES string of the molecule is CC(C)c1nnc([C@H]2CC[C@H](C(=O)NCCNC(=O)c3cn(-c4ccccc4)nc3C(F)(F)F)CC2)s1. The predicted molar refractivity (Wildman–Crippen MR) is 133 cm³/mol. The van der Waals surface area contributed by atoms with E-state index >= 15 is 0 Å². The molecule has 2 heterocycles. The molecular weight excluding hydrogens is 505 g/mol. The van der Waals surface area contributed by atoms with Gasteiger partial charge in [0.15, 0.2) is 5.69 Å². The molecule has 1 fully saturated rings. The number of nitrogens with zero attached hydrogens (tertiary/aromatic N) is 4. The van der Waals surface area contributed by atoms with Crippen LogP contribution >= 0.6 is 11.3 Å². The Bertz CT molecular complexity index is 1220. The Hall–Kier alpha value is -3.28.